The average Bonchev–Trinajstić information content (AvgIpc) is 3.01. The summed E-state index contributed by atoms with van der Waals surface area (Å²) >= 11 is 0. The van der Waals surface area contributed by atoms with Gasteiger partial charge in [-0.1, -0.05) is 0 Å². The number of hydrogen-bond donors (Lipinski definition) is 0. The van der Waals surface area contributed by atoms with Crippen molar-refractivity contribution in [2.45, 2.75) is 13.1 Å². The zero-order valence-corrected chi connectivity index (χ0v) is 10.5. The van der Waals surface area contributed by atoms with E-state index in [2.05, 4.69) is 27.3 Å². The van der Waals surface area contributed by atoms with Crippen molar-refractivity contribution in [3.05, 3.63) is 25.1 Å². The maximum Gasteiger partial charge on any atom is 0.232 e. The van der Waals surface area contributed by atoms with Gasteiger partial charge in [0, 0.05) is 26.5 Å². The van der Waals surface area contributed by atoms with Crippen LogP contribution in [0.15, 0.2) is 25.1 Å². The molecule has 0 unspecified atom stereocenters. The minimum Gasteiger partial charge on any atom is -0.303 e. The minimum absolute atomic E-state index is 0.0794. The largest absolute Gasteiger partial charge is 0.303 e. The van der Waals surface area contributed by atoms with Crippen molar-refractivity contribution < 1.29 is 0 Å². The predicted octanol–water partition coefficient (Wildman–Crippen LogP) is 0.0874. The Bertz CT molecular complexity index is 532. The van der Waals surface area contributed by atoms with E-state index in [9.17, 15) is 0 Å². The van der Waals surface area contributed by atoms with Crippen LogP contribution in [0.1, 0.15) is 6.92 Å². The molecule has 0 saturated carbocycles. The Hall–Kier alpha value is -2.38. The molecule has 0 amide bonds. The summed E-state index contributed by atoms with van der Waals surface area (Å²) in [5.74, 6) is 1.59. The molecule has 0 N–H and O–H groups in total. The van der Waals surface area contributed by atoms with E-state index in [1.165, 1.54) is 0 Å². The molecule has 0 saturated heterocycles. The first kappa shape index (κ1) is 10.8. The molecule has 0 bridgehead atoms. The van der Waals surface area contributed by atoms with Gasteiger partial charge in [-0.15, -0.1) is 20.4 Å². The van der Waals surface area contributed by atoms with Crippen LogP contribution >= 0.6 is 0 Å². The third-order valence-corrected chi connectivity index (χ3v) is 3.03. The normalized spacial score (nSPS) is 15.9. The summed E-state index contributed by atoms with van der Waals surface area (Å²) in [7, 11) is 3.84. The molecule has 3 heterocycles. The number of rotatable bonds is 2. The zero-order chi connectivity index (χ0) is 12.7. The number of nitrogens with zero attached hydrogens (tertiary/aromatic N) is 8. The monoisotopic (exact) mass is 246 g/mol. The maximum atomic E-state index is 4.10. The first-order chi connectivity index (χ1) is 8.68. The Morgan fingerprint density at radius 3 is 1.67 bits per heavy atom. The van der Waals surface area contributed by atoms with Gasteiger partial charge in [0.05, 0.1) is 0 Å². The van der Waals surface area contributed by atoms with Crippen LogP contribution in [0.5, 0.6) is 0 Å². The fourth-order valence-corrected chi connectivity index (χ4v) is 2.02. The molecule has 0 radical (unpaired) electrons. The highest BCUT2D eigenvalue weighted by molar-refractivity contribution is 5.50. The van der Waals surface area contributed by atoms with E-state index >= 15 is 0 Å². The van der Waals surface area contributed by atoms with E-state index in [1.807, 2.05) is 45.4 Å². The van der Waals surface area contributed by atoms with E-state index in [-0.39, 0.29) is 6.17 Å². The Balaban J connectivity index is 1.91. The van der Waals surface area contributed by atoms with E-state index < -0.39 is 0 Å². The molecule has 2 aromatic heterocycles. The molecule has 0 spiro atoms. The second-order valence-electron chi connectivity index (χ2n) is 4.23. The third kappa shape index (κ3) is 1.45. The van der Waals surface area contributed by atoms with E-state index in [0.29, 0.717) is 0 Å². The third-order valence-electron chi connectivity index (χ3n) is 3.03. The number of aryl methyl sites for hydroxylation is 2. The van der Waals surface area contributed by atoms with Gasteiger partial charge in [0.15, 0.2) is 0 Å². The Labute approximate surface area is 104 Å². The van der Waals surface area contributed by atoms with Gasteiger partial charge in [-0.05, 0) is 6.92 Å². The molecule has 18 heavy (non-hydrogen) atoms. The zero-order valence-electron chi connectivity index (χ0n) is 10.5. The van der Waals surface area contributed by atoms with Crippen molar-refractivity contribution in [1.29, 1.82) is 0 Å². The van der Waals surface area contributed by atoms with Crippen LogP contribution in [0.2, 0.25) is 0 Å². The molecule has 0 aromatic carbocycles. The molecule has 1 aliphatic rings. The summed E-state index contributed by atoms with van der Waals surface area (Å²) in [4.78, 5) is 4.06. The topological polar surface area (TPSA) is 67.9 Å². The van der Waals surface area contributed by atoms with Gasteiger partial charge < -0.3 is 9.13 Å². The van der Waals surface area contributed by atoms with Crippen molar-refractivity contribution >= 4 is 11.9 Å². The number of hydrogen-bond acceptors (Lipinski definition) is 6. The lowest BCUT2D eigenvalue weighted by Crippen LogP contribution is -2.38. The molecule has 8 heteroatoms. The van der Waals surface area contributed by atoms with E-state index in [4.69, 9.17) is 0 Å². The van der Waals surface area contributed by atoms with Gasteiger partial charge in [0.25, 0.3) is 0 Å². The fraction of sp³-hybridized carbons (Fsp3) is 0.400. The number of anilines is 2. The van der Waals surface area contributed by atoms with Gasteiger partial charge >= 0.3 is 0 Å². The van der Waals surface area contributed by atoms with Crippen molar-refractivity contribution in [3.63, 3.8) is 0 Å². The highest BCUT2D eigenvalue weighted by Gasteiger charge is 2.29. The molecular formula is C10H14N8. The molecule has 8 nitrogen and oxygen atoms in total. The molecule has 1 aliphatic heterocycles. The van der Waals surface area contributed by atoms with Gasteiger partial charge in [0.2, 0.25) is 11.9 Å². The Morgan fingerprint density at radius 2 is 1.33 bits per heavy atom. The minimum atomic E-state index is 0.0794. The van der Waals surface area contributed by atoms with Gasteiger partial charge in [-0.2, -0.15) is 0 Å². The lowest BCUT2D eigenvalue weighted by atomic mass is 10.5. The van der Waals surface area contributed by atoms with Crippen LogP contribution < -0.4 is 9.80 Å². The molecule has 3 rings (SSSR count). The summed E-state index contributed by atoms with van der Waals surface area (Å²) in [6.45, 7) is 2.07. The van der Waals surface area contributed by atoms with Crippen LogP contribution in [0.4, 0.5) is 11.9 Å². The van der Waals surface area contributed by atoms with E-state index in [1.54, 1.807) is 12.7 Å². The summed E-state index contributed by atoms with van der Waals surface area (Å²) in [6, 6.07) is 0. The Kier molecular flexibility index (Phi) is 2.29. The molecule has 94 valence electrons. The fourth-order valence-electron chi connectivity index (χ4n) is 2.02. The summed E-state index contributed by atoms with van der Waals surface area (Å²) < 4.78 is 3.75. The van der Waals surface area contributed by atoms with Crippen LogP contribution in [0.3, 0.4) is 0 Å². The van der Waals surface area contributed by atoms with Crippen molar-refractivity contribution in [1.82, 2.24) is 29.5 Å². The summed E-state index contributed by atoms with van der Waals surface area (Å²) in [5, 5.41) is 16.0. The highest BCUT2D eigenvalue weighted by atomic mass is 15.5. The summed E-state index contributed by atoms with van der Waals surface area (Å²) in [5.41, 5.74) is 0. The van der Waals surface area contributed by atoms with Gasteiger partial charge in [-0.3, -0.25) is 9.80 Å². The van der Waals surface area contributed by atoms with Gasteiger partial charge in [-0.25, -0.2) is 0 Å². The lowest BCUT2D eigenvalue weighted by molar-refractivity contribution is 0.686. The first-order valence-electron chi connectivity index (χ1n) is 5.61. The number of aromatic nitrogens is 6. The second-order valence-corrected chi connectivity index (χ2v) is 4.23. The van der Waals surface area contributed by atoms with Crippen LogP contribution in [-0.4, -0.2) is 35.7 Å². The van der Waals surface area contributed by atoms with Gasteiger partial charge in [0.1, 0.15) is 18.8 Å². The van der Waals surface area contributed by atoms with E-state index in [0.717, 1.165) is 11.9 Å². The Morgan fingerprint density at radius 1 is 0.889 bits per heavy atom. The van der Waals surface area contributed by atoms with Crippen LogP contribution in [0, 0.1) is 0 Å². The smallest absolute Gasteiger partial charge is 0.232 e. The molecular weight excluding hydrogens is 232 g/mol. The van der Waals surface area contributed by atoms with Crippen molar-refractivity contribution in [2.75, 3.05) is 9.80 Å². The summed E-state index contributed by atoms with van der Waals surface area (Å²) in [6.07, 6.45) is 7.37. The molecule has 2 aromatic rings. The van der Waals surface area contributed by atoms with Crippen LogP contribution in [-0.2, 0) is 14.1 Å². The molecule has 0 aliphatic carbocycles. The average molecular weight is 246 g/mol. The predicted molar refractivity (Wildman–Crippen MR) is 65.6 cm³/mol. The standard InChI is InChI=1S/C10H14N8/c1-8-17(9-13-11-6-15(9)2)4-5-18(8)10-14-12-7-16(10)3/h4-8H,1-3H3. The SMILES string of the molecule is CC1N(c2nncn2C)C=CN1c1nncn1C. The van der Waals surface area contributed by atoms with Crippen molar-refractivity contribution in [2.24, 2.45) is 14.1 Å². The van der Waals surface area contributed by atoms with Crippen LogP contribution in [0.25, 0.3) is 0 Å². The first-order valence-corrected chi connectivity index (χ1v) is 5.61. The second kappa shape index (κ2) is 3.83. The molecule has 0 atom stereocenters. The highest BCUT2D eigenvalue weighted by Crippen LogP contribution is 2.25. The lowest BCUT2D eigenvalue weighted by Gasteiger charge is -2.27. The maximum absolute atomic E-state index is 4.10. The molecule has 0 fully saturated rings. The quantitative estimate of drug-likeness (QED) is 0.748. The van der Waals surface area contributed by atoms with Crippen molar-refractivity contribution in [3.8, 4) is 0 Å².